The Hall–Kier alpha value is -2.38. The van der Waals surface area contributed by atoms with Gasteiger partial charge >= 0.3 is 11.9 Å². The van der Waals surface area contributed by atoms with Crippen LogP contribution < -0.4 is 4.74 Å². The molecule has 2 fully saturated rings. The van der Waals surface area contributed by atoms with E-state index >= 15 is 0 Å². The Morgan fingerprint density at radius 3 is 2.14 bits per heavy atom. The molecule has 1 unspecified atom stereocenters. The van der Waals surface area contributed by atoms with Crippen molar-refractivity contribution >= 4 is 11.9 Å². The van der Waals surface area contributed by atoms with Crippen LogP contribution in [-0.4, -0.2) is 55.2 Å². The Morgan fingerprint density at radius 2 is 1.53 bits per heavy atom. The highest BCUT2D eigenvalue weighted by Gasteiger charge is 2.33. The van der Waals surface area contributed by atoms with Gasteiger partial charge in [0.05, 0.1) is 44.0 Å². The first-order valence-corrected chi connectivity index (χ1v) is 16.6. The fourth-order valence-electron chi connectivity index (χ4n) is 6.46. The Morgan fingerprint density at radius 1 is 0.907 bits per heavy atom. The molecule has 0 aliphatic heterocycles. The van der Waals surface area contributed by atoms with E-state index in [0.717, 1.165) is 44.0 Å². The van der Waals surface area contributed by atoms with Crippen molar-refractivity contribution in [3.8, 4) is 5.75 Å². The van der Waals surface area contributed by atoms with Crippen molar-refractivity contribution in [3.63, 3.8) is 0 Å². The average molecular weight is 601 g/mol. The van der Waals surface area contributed by atoms with E-state index in [4.69, 9.17) is 14.2 Å². The summed E-state index contributed by atoms with van der Waals surface area (Å²) in [5.74, 6) is 1.92. The maximum atomic E-state index is 12.5. The maximum Gasteiger partial charge on any atom is 0.335 e. The molecule has 1 atom stereocenters. The fraction of sp³-hybridized carbons (Fsp3) is 0.722. The highest BCUT2D eigenvalue weighted by Crippen LogP contribution is 2.40. The standard InChI is InChI=1S/C36H56O7/c1-5-6-7-8-27-9-11-28(12-10-27)22-41-33-19-17-30(18-20-33)29-13-15-31(16-14-29)32(23-42-34(39)26(2)21-37)24-43-35(40)36(3,4)25-38/h17-20,27-29,31-32,37-38H,2,5-16,21-25H2,1,3-4H3. The van der Waals surface area contributed by atoms with Crippen LogP contribution in [0.1, 0.15) is 109 Å². The number of carbonyl (C=O) groups excluding carboxylic acids is 2. The van der Waals surface area contributed by atoms with Crippen molar-refractivity contribution in [3.05, 3.63) is 42.0 Å². The molecule has 2 aliphatic carbocycles. The molecule has 242 valence electrons. The maximum absolute atomic E-state index is 12.5. The molecule has 1 aromatic rings. The topological polar surface area (TPSA) is 102 Å². The number of carbonyl (C=O) groups is 2. The van der Waals surface area contributed by atoms with Crippen molar-refractivity contribution < 1.29 is 34.0 Å². The van der Waals surface area contributed by atoms with Gasteiger partial charge in [0.25, 0.3) is 0 Å². The zero-order valence-corrected chi connectivity index (χ0v) is 26.9. The predicted molar refractivity (Wildman–Crippen MR) is 169 cm³/mol. The first-order chi connectivity index (χ1) is 20.7. The number of esters is 2. The molecule has 0 heterocycles. The van der Waals surface area contributed by atoms with E-state index in [0.29, 0.717) is 11.8 Å². The molecule has 2 aliphatic rings. The smallest absolute Gasteiger partial charge is 0.335 e. The zero-order chi connectivity index (χ0) is 31.2. The van der Waals surface area contributed by atoms with Crippen LogP contribution in [0.3, 0.4) is 0 Å². The van der Waals surface area contributed by atoms with Crippen LogP contribution in [0.25, 0.3) is 0 Å². The van der Waals surface area contributed by atoms with Crippen molar-refractivity contribution in [2.75, 3.05) is 33.0 Å². The highest BCUT2D eigenvalue weighted by atomic mass is 16.5. The van der Waals surface area contributed by atoms with Gasteiger partial charge in [0.15, 0.2) is 0 Å². The quantitative estimate of drug-likeness (QED) is 0.113. The molecule has 0 saturated heterocycles. The average Bonchev–Trinajstić information content (AvgIpc) is 3.04. The third kappa shape index (κ3) is 11.2. The zero-order valence-electron chi connectivity index (χ0n) is 26.9. The largest absolute Gasteiger partial charge is 0.493 e. The summed E-state index contributed by atoms with van der Waals surface area (Å²) in [7, 11) is 0. The number of ether oxygens (including phenoxy) is 3. The second-order valence-electron chi connectivity index (χ2n) is 13.6. The van der Waals surface area contributed by atoms with E-state index in [-0.39, 0.29) is 37.2 Å². The second-order valence-corrected chi connectivity index (χ2v) is 13.6. The van der Waals surface area contributed by atoms with E-state index in [9.17, 15) is 19.8 Å². The van der Waals surface area contributed by atoms with Gasteiger partial charge in [-0.25, -0.2) is 4.79 Å². The molecule has 1 aromatic carbocycles. The van der Waals surface area contributed by atoms with Crippen LogP contribution in [0.15, 0.2) is 36.4 Å². The third-order valence-electron chi connectivity index (χ3n) is 9.74. The predicted octanol–water partition coefficient (Wildman–Crippen LogP) is 7.00. The molecule has 3 rings (SSSR count). The Labute approximate surface area is 259 Å². The van der Waals surface area contributed by atoms with Gasteiger partial charge in [0, 0.05) is 5.92 Å². The van der Waals surface area contributed by atoms with Crippen LogP contribution in [0.4, 0.5) is 0 Å². The van der Waals surface area contributed by atoms with Crippen LogP contribution >= 0.6 is 0 Å². The first-order valence-electron chi connectivity index (χ1n) is 16.6. The number of rotatable bonds is 17. The summed E-state index contributed by atoms with van der Waals surface area (Å²) in [6, 6.07) is 8.61. The van der Waals surface area contributed by atoms with E-state index < -0.39 is 24.0 Å². The molecule has 0 spiro atoms. The molecule has 0 radical (unpaired) electrons. The van der Waals surface area contributed by atoms with Gasteiger partial charge < -0.3 is 24.4 Å². The molecule has 0 aromatic heterocycles. The lowest BCUT2D eigenvalue weighted by Gasteiger charge is -2.34. The van der Waals surface area contributed by atoms with Crippen molar-refractivity contribution in [1.82, 2.24) is 0 Å². The number of aliphatic hydroxyl groups excluding tert-OH is 2. The van der Waals surface area contributed by atoms with Gasteiger partial charge in [-0.2, -0.15) is 0 Å². The molecule has 0 bridgehead atoms. The normalized spacial score (nSPS) is 23.3. The lowest BCUT2D eigenvalue weighted by molar-refractivity contribution is -0.159. The van der Waals surface area contributed by atoms with Crippen LogP contribution in [-0.2, 0) is 19.1 Å². The minimum Gasteiger partial charge on any atom is -0.493 e. The van der Waals surface area contributed by atoms with Gasteiger partial charge in [-0.3, -0.25) is 4.79 Å². The second kappa shape index (κ2) is 17.8. The van der Waals surface area contributed by atoms with Gasteiger partial charge in [0.1, 0.15) is 5.75 Å². The molecule has 43 heavy (non-hydrogen) atoms. The van der Waals surface area contributed by atoms with Gasteiger partial charge in [-0.05, 0) is 93.7 Å². The molecule has 2 N–H and O–H groups in total. The number of hydrogen-bond donors (Lipinski definition) is 2. The molecule has 7 heteroatoms. The lowest BCUT2D eigenvalue weighted by atomic mass is 9.74. The summed E-state index contributed by atoms with van der Waals surface area (Å²) in [4.78, 5) is 24.6. The van der Waals surface area contributed by atoms with Crippen LogP contribution in [0.2, 0.25) is 0 Å². The summed E-state index contributed by atoms with van der Waals surface area (Å²) in [6.07, 6.45) is 14.6. The summed E-state index contributed by atoms with van der Waals surface area (Å²) in [5, 5.41) is 18.7. The number of aliphatic hydroxyl groups is 2. The van der Waals surface area contributed by atoms with Crippen molar-refractivity contribution in [2.45, 2.75) is 104 Å². The molecular formula is C36H56O7. The van der Waals surface area contributed by atoms with Gasteiger partial charge in [-0.15, -0.1) is 0 Å². The third-order valence-corrected chi connectivity index (χ3v) is 9.74. The molecular weight excluding hydrogens is 544 g/mol. The van der Waals surface area contributed by atoms with Crippen LogP contribution in [0, 0.1) is 29.1 Å². The minimum absolute atomic E-state index is 0.00141. The number of unbranched alkanes of at least 4 members (excludes halogenated alkanes) is 2. The van der Waals surface area contributed by atoms with E-state index in [1.807, 2.05) is 0 Å². The van der Waals surface area contributed by atoms with Gasteiger partial charge in [0.2, 0.25) is 0 Å². The van der Waals surface area contributed by atoms with E-state index in [1.54, 1.807) is 13.8 Å². The number of benzene rings is 1. The minimum atomic E-state index is -0.993. The van der Waals surface area contributed by atoms with Gasteiger partial charge in [-0.1, -0.05) is 64.2 Å². The Bertz CT molecular complexity index is 985. The molecule has 7 nitrogen and oxygen atoms in total. The highest BCUT2D eigenvalue weighted by molar-refractivity contribution is 5.87. The first kappa shape index (κ1) is 35.1. The monoisotopic (exact) mass is 600 g/mol. The summed E-state index contributed by atoms with van der Waals surface area (Å²) >= 11 is 0. The van der Waals surface area contributed by atoms with Crippen molar-refractivity contribution in [1.29, 1.82) is 0 Å². The van der Waals surface area contributed by atoms with E-state index in [2.05, 4.69) is 37.8 Å². The Balaban J connectivity index is 1.47. The summed E-state index contributed by atoms with van der Waals surface area (Å²) in [6.45, 7) is 9.32. The fourth-order valence-corrected chi connectivity index (χ4v) is 6.46. The lowest BCUT2D eigenvalue weighted by Crippen LogP contribution is -2.35. The van der Waals surface area contributed by atoms with Crippen LogP contribution in [0.5, 0.6) is 5.75 Å². The SMILES string of the molecule is C=C(CO)C(=O)OCC(COC(=O)C(C)(C)CO)C1CCC(c2ccc(OCC3CCC(CCCCC)CC3)cc2)CC1. The summed E-state index contributed by atoms with van der Waals surface area (Å²) in [5.41, 5.74) is 0.322. The summed E-state index contributed by atoms with van der Waals surface area (Å²) < 4.78 is 17.2. The number of hydrogen-bond acceptors (Lipinski definition) is 7. The van der Waals surface area contributed by atoms with E-state index in [1.165, 1.54) is 56.9 Å². The molecule has 0 amide bonds. The Kier molecular flexibility index (Phi) is 14.5. The molecule has 2 saturated carbocycles. The van der Waals surface area contributed by atoms with Crippen molar-refractivity contribution in [2.24, 2.45) is 29.1 Å².